The number of aromatic nitrogens is 5. The van der Waals surface area contributed by atoms with Crippen molar-refractivity contribution < 1.29 is 4.79 Å². The van der Waals surface area contributed by atoms with Crippen LogP contribution in [0.4, 0.5) is 11.8 Å². The number of hydrogen-bond acceptors (Lipinski definition) is 7. The molecule has 4 aromatic rings. The van der Waals surface area contributed by atoms with Crippen molar-refractivity contribution in [3.63, 3.8) is 0 Å². The van der Waals surface area contributed by atoms with Crippen LogP contribution < -0.4 is 16.2 Å². The van der Waals surface area contributed by atoms with Crippen LogP contribution in [0.2, 0.25) is 0 Å². The molecule has 10 heteroatoms. The molecule has 1 aromatic carbocycles. The van der Waals surface area contributed by atoms with Gasteiger partial charge in [-0.25, -0.2) is 9.50 Å². The van der Waals surface area contributed by atoms with Gasteiger partial charge in [0.15, 0.2) is 11.6 Å². The molecular weight excluding hydrogens is 426 g/mol. The van der Waals surface area contributed by atoms with Crippen molar-refractivity contribution in [2.24, 2.45) is 0 Å². The van der Waals surface area contributed by atoms with E-state index in [1.165, 1.54) is 13.1 Å². The third-order valence-electron chi connectivity index (χ3n) is 5.68. The zero-order valence-electron chi connectivity index (χ0n) is 17.7. The SMILES string of the molecule is CC(=O)c1cnc(N)nc1N1CC[C@H]1c1nn2ccc(C)c2c(=O)n1-c1ccccc1.S. The molecule has 3 aromatic heterocycles. The predicted octanol–water partition coefficient (Wildman–Crippen LogP) is 2.43. The summed E-state index contributed by atoms with van der Waals surface area (Å²) in [5, 5.41) is 4.81. The molecule has 1 saturated heterocycles. The lowest BCUT2D eigenvalue weighted by molar-refractivity contribution is 0.101. The molecule has 32 heavy (non-hydrogen) atoms. The molecule has 0 saturated carbocycles. The average Bonchev–Trinajstić information content (AvgIpc) is 3.09. The van der Waals surface area contributed by atoms with E-state index in [2.05, 4.69) is 9.97 Å². The Hall–Kier alpha value is -3.66. The molecule has 0 spiro atoms. The summed E-state index contributed by atoms with van der Waals surface area (Å²) >= 11 is 0. The van der Waals surface area contributed by atoms with E-state index in [9.17, 15) is 9.59 Å². The van der Waals surface area contributed by atoms with Crippen LogP contribution >= 0.6 is 13.5 Å². The Bertz CT molecular complexity index is 1380. The monoisotopic (exact) mass is 449 g/mol. The van der Waals surface area contributed by atoms with E-state index in [0.29, 0.717) is 29.3 Å². The fourth-order valence-electron chi connectivity index (χ4n) is 4.04. The maximum Gasteiger partial charge on any atom is 0.282 e. The minimum Gasteiger partial charge on any atom is -0.368 e. The first-order valence-electron chi connectivity index (χ1n) is 10.0. The number of Topliss-reactive ketones (excluding diaryl/α,β-unsaturated/α-hetero) is 1. The number of nitrogens with two attached hydrogens (primary N) is 1. The lowest BCUT2D eigenvalue weighted by atomic mass is 10.00. The summed E-state index contributed by atoms with van der Waals surface area (Å²) in [6, 6.07) is 11.1. The maximum atomic E-state index is 13.5. The first-order chi connectivity index (χ1) is 15.0. The minimum absolute atomic E-state index is 0. The van der Waals surface area contributed by atoms with E-state index < -0.39 is 0 Å². The number of carbonyl (C=O) groups is 1. The Labute approximate surface area is 191 Å². The molecule has 1 fully saturated rings. The number of benzene rings is 1. The van der Waals surface area contributed by atoms with Gasteiger partial charge in [-0.2, -0.15) is 23.6 Å². The van der Waals surface area contributed by atoms with Crippen molar-refractivity contribution in [1.29, 1.82) is 0 Å². The summed E-state index contributed by atoms with van der Waals surface area (Å²) in [5.74, 6) is 0.993. The highest BCUT2D eigenvalue weighted by molar-refractivity contribution is 7.59. The van der Waals surface area contributed by atoms with Crippen molar-refractivity contribution in [3.8, 4) is 5.69 Å². The number of rotatable bonds is 4. The summed E-state index contributed by atoms with van der Waals surface area (Å²) in [5.41, 5.74) is 8.20. The minimum atomic E-state index is -0.243. The Morgan fingerprint density at radius 3 is 2.59 bits per heavy atom. The highest BCUT2D eigenvalue weighted by Crippen LogP contribution is 2.38. The lowest BCUT2D eigenvalue weighted by Gasteiger charge is -2.42. The standard InChI is InChI=1S/C22H21N7O2.H2S/c1-13-8-11-28-18(13)21(31)29(15-6-4-3-5-7-15)20(26-28)17-9-10-27(17)19-16(14(2)30)12-24-22(23)25-19;/h3-8,11-12,17H,9-10H2,1-2H3,(H2,23,24,25);1H2/t17-;/m0./s1. The summed E-state index contributed by atoms with van der Waals surface area (Å²) in [7, 11) is 0. The predicted molar refractivity (Wildman–Crippen MR) is 127 cm³/mol. The van der Waals surface area contributed by atoms with E-state index in [-0.39, 0.29) is 36.8 Å². The Kier molecular flexibility index (Phi) is 5.47. The van der Waals surface area contributed by atoms with E-state index in [1.807, 2.05) is 48.2 Å². The molecule has 1 atom stereocenters. The summed E-state index contributed by atoms with van der Waals surface area (Å²) in [6.45, 7) is 4.03. The van der Waals surface area contributed by atoms with Crippen molar-refractivity contribution in [2.75, 3.05) is 17.2 Å². The number of aryl methyl sites for hydroxylation is 1. The molecule has 1 aliphatic heterocycles. The quantitative estimate of drug-likeness (QED) is 0.476. The van der Waals surface area contributed by atoms with Gasteiger partial charge < -0.3 is 10.6 Å². The molecule has 5 rings (SSSR count). The number of ketones is 1. The van der Waals surface area contributed by atoms with Gasteiger partial charge >= 0.3 is 0 Å². The molecule has 1 aliphatic rings. The topological polar surface area (TPSA) is 111 Å². The van der Waals surface area contributed by atoms with Gasteiger partial charge in [-0.3, -0.25) is 14.2 Å². The molecule has 164 valence electrons. The van der Waals surface area contributed by atoms with Crippen molar-refractivity contribution in [3.05, 3.63) is 76.1 Å². The normalized spacial score (nSPS) is 15.3. The molecule has 9 nitrogen and oxygen atoms in total. The van der Waals surface area contributed by atoms with Gasteiger partial charge in [-0.15, -0.1) is 0 Å². The van der Waals surface area contributed by atoms with Gasteiger partial charge in [0, 0.05) is 18.9 Å². The second-order valence-electron chi connectivity index (χ2n) is 7.65. The molecule has 0 unspecified atom stereocenters. The zero-order valence-corrected chi connectivity index (χ0v) is 18.7. The van der Waals surface area contributed by atoms with Crippen molar-refractivity contribution in [1.82, 2.24) is 24.1 Å². The highest BCUT2D eigenvalue weighted by Gasteiger charge is 2.37. The Balaban J connectivity index is 0.00000245. The van der Waals surface area contributed by atoms with Gasteiger partial charge in [0.1, 0.15) is 11.3 Å². The lowest BCUT2D eigenvalue weighted by Crippen LogP contribution is -2.46. The number of anilines is 2. The smallest absolute Gasteiger partial charge is 0.282 e. The van der Waals surface area contributed by atoms with E-state index >= 15 is 0 Å². The van der Waals surface area contributed by atoms with Crippen LogP contribution in [0.25, 0.3) is 11.2 Å². The van der Waals surface area contributed by atoms with Gasteiger partial charge in [0.05, 0.1) is 17.3 Å². The molecule has 0 bridgehead atoms. The molecule has 0 amide bonds. The highest BCUT2D eigenvalue weighted by atomic mass is 32.1. The fraction of sp³-hybridized carbons (Fsp3) is 0.227. The Morgan fingerprint density at radius 1 is 1.19 bits per heavy atom. The Morgan fingerprint density at radius 2 is 1.94 bits per heavy atom. The summed E-state index contributed by atoms with van der Waals surface area (Å²) in [4.78, 5) is 36.0. The van der Waals surface area contributed by atoms with Gasteiger partial charge in [0.25, 0.3) is 5.56 Å². The van der Waals surface area contributed by atoms with Crippen LogP contribution in [0, 0.1) is 6.92 Å². The van der Waals surface area contributed by atoms with Gasteiger partial charge in [-0.1, -0.05) is 18.2 Å². The summed E-state index contributed by atoms with van der Waals surface area (Å²) < 4.78 is 3.28. The van der Waals surface area contributed by atoms with Crippen molar-refractivity contribution >= 4 is 36.6 Å². The van der Waals surface area contributed by atoms with Crippen LogP contribution in [0.15, 0.2) is 53.6 Å². The van der Waals surface area contributed by atoms with Crippen LogP contribution in [-0.2, 0) is 0 Å². The number of hydrogen-bond donors (Lipinski definition) is 1. The van der Waals surface area contributed by atoms with Crippen LogP contribution in [0.3, 0.4) is 0 Å². The molecular formula is C22H23N7O2S. The van der Waals surface area contributed by atoms with Gasteiger partial charge in [-0.05, 0) is 44.0 Å². The van der Waals surface area contributed by atoms with E-state index in [4.69, 9.17) is 10.8 Å². The summed E-state index contributed by atoms with van der Waals surface area (Å²) in [6.07, 6.45) is 4.00. The molecule has 0 aliphatic carbocycles. The van der Waals surface area contributed by atoms with Crippen LogP contribution in [0.1, 0.15) is 41.1 Å². The molecule has 0 radical (unpaired) electrons. The second kappa shape index (κ2) is 8.12. The first-order valence-corrected chi connectivity index (χ1v) is 10.0. The number of fused-ring (bicyclic) bond motifs is 1. The van der Waals surface area contributed by atoms with Gasteiger partial charge in [0.2, 0.25) is 5.95 Å². The zero-order chi connectivity index (χ0) is 21.7. The van der Waals surface area contributed by atoms with E-state index in [0.717, 1.165) is 17.7 Å². The van der Waals surface area contributed by atoms with Crippen LogP contribution in [0.5, 0.6) is 0 Å². The van der Waals surface area contributed by atoms with Crippen LogP contribution in [-0.4, -0.2) is 36.5 Å². The fourth-order valence-corrected chi connectivity index (χ4v) is 4.04. The number of carbonyl (C=O) groups excluding carboxylic acids is 1. The third-order valence-corrected chi connectivity index (χ3v) is 5.68. The number of para-hydroxylation sites is 1. The second-order valence-corrected chi connectivity index (χ2v) is 7.65. The largest absolute Gasteiger partial charge is 0.368 e. The first kappa shape index (κ1) is 21.6. The third kappa shape index (κ3) is 3.32. The van der Waals surface area contributed by atoms with Crippen molar-refractivity contribution in [2.45, 2.75) is 26.3 Å². The molecule has 2 N–H and O–H groups in total. The van der Waals surface area contributed by atoms with E-state index in [1.54, 1.807) is 15.3 Å². The average molecular weight is 450 g/mol. The molecule has 4 heterocycles. The number of nitrogens with zero attached hydrogens (tertiary/aromatic N) is 6. The maximum absolute atomic E-state index is 13.5. The number of nitrogen functional groups attached to an aromatic ring is 1.